The molecule has 174 valence electrons. The molecule has 0 bridgehead atoms. The van der Waals surface area contributed by atoms with Crippen LogP contribution in [0.25, 0.3) is 11.1 Å². The third kappa shape index (κ3) is 4.47. The predicted molar refractivity (Wildman–Crippen MR) is 135 cm³/mol. The van der Waals surface area contributed by atoms with Gasteiger partial charge >= 0.3 is 11.9 Å². The minimum absolute atomic E-state index is 0.126. The van der Waals surface area contributed by atoms with Crippen molar-refractivity contribution in [1.82, 2.24) is 0 Å². The van der Waals surface area contributed by atoms with Gasteiger partial charge < -0.3 is 9.84 Å². The van der Waals surface area contributed by atoms with Crippen LogP contribution in [-0.2, 0) is 20.9 Å². The Morgan fingerprint density at radius 2 is 1.11 bits per heavy atom. The molecule has 1 saturated carbocycles. The first-order chi connectivity index (χ1) is 17.1. The maximum atomic E-state index is 13.6. The van der Waals surface area contributed by atoms with Crippen LogP contribution in [0.2, 0.25) is 0 Å². The fourth-order valence-electron chi connectivity index (χ4n) is 5.32. The third-order valence-corrected chi connectivity index (χ3v) is 6.95. The molecule has 1 fully saturated rings. The minimum Gasteiger partial charge on any atom is -0.481 e. The van der Waals surface area contributed by atoms with E-state index in [2.05, 4.69) is 0 Å². The summed E-state index contributed by atoms with van der Waals surface area (Å²) in [6, 6.07) is 36.7. The normalized spacial score (nSPS) is 21.0. The van der Waals surface area contributed by atoms with Crippen LogP contribution in [0.1, 0.15) is 28.5 Å². The van der Waals surface area contributed by atoms with E-state index < -0.39 is 29.6 Å². The number of ether oxygens (including phenoxy) is 1. The molecule has 1 N–H and O–H groups in total. The molecule has 1 unspecified atom stereocenters. The number of benzene rings is 4. The van der Waals surface area contributed by atoms with Gasteiger partial charge in [-0.15, -0.1) is 0 Å². The summed E-state index contributed by atoms with van der Waals surface area (Å²) < 4.78 is 5.89. The highest BCUT2D eigenvalue weighted by Crippen LogP contribution is 2.58. The molecule has 0 amide bonds. The summed E-state index contributed by atoms with van der Waals surface area (Å²) in [5.41, 5.74) is 4.67. The molecule has 4 heteroatoms. The van der Waals surface area contributed by atoms with Gasteiger partial charge in [0.2, 0.25) is 0 Å². The molecular weight excluding hydrogens is 436 g/mol. The predicted octanol–water partition coefficient (Wildman–Crippen LogP) is 6.30. The maximum absolute atomic E-state index is 13.6. The Kier molecular flexibility index (Phi) is 6.44. The SMILES string of the molecule is O=C(O)[C@@H]1C(c2ccccc2)[C@H](C(=O)OCc2ccccc2-c2ccccc2)[C@H]1c1ccccc1. The molecule has 35 heavy (non-hydrogen) atoms. The van der Waals surface area contributed by atoms with Crippen molar-refractivity contribution in [2.45, 2.75) is 18.4 Å². The lowest BCUT2D eigenvalue weighted by molar-refractivity contribution is -0.165. The second kappa shape index (κ2) is 9.98. The number of hydrogen-bond acceptors (Lipinski definition) is 3. The fraction of sp³-hybridized carbons (Fsp3) is 0.161. The molecule has 0 radical (unpaired) electrons. The average molecular weight is 463 g/mol. The van der Waals surface area contributed by atoms with Crippen molar-refractivity contribution in [1.29, 1.82) is 0 Å². The van der Waals surface area contributed by atoms with Crippen molar-refractivity contribution in [3.8, 4) is 11.1 Å². The van der Waals surface area contributed by atoms with Crippen molar-refractivity contribution in [2.75, 3.05) is 0 Å². The van der Waals surface area contributed by atoms with E-state index in [0.29, 0.717) is 0 Å². The zero-order chi connectivity index (χ0) is 24.2. The molecule has 0 aliphatic heterocycles. The number of carboxylic acids is 1. The molecule has 4 atom stereocenters. The molecule has 0 spiro atoms. The van der Waals surface area contributed by atoms with Crippen LogP contribution in [0.15, 0.2) is 115 Å². The molecule has 1 aliphatic rings. The van der Waals surface area contributed by atoms with E-state index in [1.807, 2.05) is 115 Å². The van der Waals surface area contributed by atoms with Crippen molar-refractivity contribution in [3.63, 3.8) is 0 Å². The lowest BCUT2D eigenvalue weighted by Crippen LogP contribution is -2.51. The van der Waals surface area contributed by atoms with Gasteiger partial charge in [0.25, 0.3) is 0 Å². The Hall–Kier alpha value is -4.18. The first-order valence-electron chi connectivity index (χ1n) is 11.8. The summed E-state index contributed by atoms with van der Waals surface area (Å²) in [5.74, 6) is -3.44. The maximum Gasteiger partial charge on any atom is 0.310 e. The zero-order valence-corrected chi connectivity index (χ0v) is 19.2. The van der Waals surface area contributed by atoms with E-state index in [1.54, 1.807) is 0 Å². The summed E-state index contributed by atoms with van der Waals surface area (Å²) >= 11 is 0. The molecule has 4 aromatic carbocycles. The summed E-state index contributed by atoms with van der Waals surface area (Å²) in [4.78, 5) is 25.9. The van der Waals surface area contributed by atoms with Gasteiger partial charge in [-0.2, -0.15) is 0 Å². The fourth-order valence-corrected chi connectivity index (χ4v) is 5.32. The van der Waals surface area contributed by atoms with E-state index in [9.17, 15) is 14.7 Å². The number of hydrogen-bond donors (Lipinski definition) is 1. The highest BCUT2D eigenvalue weighted by Gasteiger charge is 2.59. The summed E-state index contributed by atoms with van der Waals surface area (Å²) in [6.45, 7) is 0.126. The second-order valence-corrected chi connectivity index (χ2v) is 8.89. The molecule has 1 aliphatic carbocycles. The second-order valence-electron chi connectivity index (χ2n) is 8.89. The van der Waals surface area contributed by atoms with Crippen molar-refractivity contribution in [3.05, 3.63) is 132 Å². The summed E-state index contributed by atoms with van der Waals surface area (Å²) in [6.07, 6.45) is 0. The highest BCUT2D eigenvalue weighted by molar-refractivity contribution is 5.84. The molecule has 5 rings (SSSR count). The Morgan fingerprint density at radius 3 is 1.66 bits per heavy atom. The van der Waals surface area contributed by atoms with Crippen LogP contribution in [0.4, 0.5) is 0 Å². The molecule has 0 heterocycles. The van der Waals surface area contributed by atoms with Gasteiger partial charge in [-0.25, -0.2) is 0 Å². The zero-order valence-electron chi connectivity index (χ0n) is 19.2. The number of carbonyl (C=O) groups excluding carboxylic acids is 1. The lowest BCUT2D eigenvalue weighted by atomic mass is 9.52. The van der Waals surface area contributed by atoms with E-state index in [1.165, 1.54) is 0 Å². The lowest BCUT2D eigenvalue weighted by Gasteiger charge is -2.49. The van der Waals surface area contributed by atoms with Crippen LogP contribution in [0.5, 0.6) is 0 Å². The topological polar surface area (TPSA) is 63.6 Å². The Bertz CT molecular complexity index is 1250. The van der Waals surface area contributed by atoms with Crippen LogP contribution in [0.3, 0.4) is 0 Å². The number of carbonyl (C=O) groups is 2. The number of aliphatic carboxylic acids is 1. The molecular formula is C31H26O4. The molecule has 4 aromatic rings. The Balaban J connectivity index is 1.44. The quantitative estimate of drug-likeness (QED) is 0.328. The number of rotatable bonds is 7. The molecule has 4 nitrogen and oxygen atoms in total. The largest absolute Gasteiger partial charge is 0.481 e. The van der Waals surface area contributed by atoms with Crippen LogP contribution in [0, 0.1) is 11.8 Å². The average Bonchev–Trinajstić information content (AvgIpc) is 2.89. The van der Waals surface area contributed by atoms with Gasteiger partial charge in [0.05, 0.1) is 11.8 Å². The molecule has 0 saturated heterocycles. The van der Waals surface area contributed by atoms with Crippen LogP contribution < -0.4 is 0 Å². The van der Waals surface area contributed by atoms with Crippen molar-refractivity contribution < 1.29 is 19.4 Å². The van der Waals surface area contributed by atoms with Crippen LogP contribution in [-0.4, -0.2) is 17.0 Å². The Labute approximate surface area is 204 Å². The standard InChI is InChI=1S/C31H26O4/c32-30(33)28-26(22-14-6-2-7-15-22)29(27(28)23-16-8-3-9-17-23)31(34)35-20-24-18-10-11-19-25(24)21-12-4-1-5-13-21/h1-19,26-29H,20H2,(H,32,33)/t26-,27?,28-,29+/m0/s1. The van der Waals surface area contributed by atoms with Crippen molar-refractivity contribution in [2.24, 2.45) is 11.8 Å². The Morgan fingerprint density at radius 1 is 0.629 bits per heavy atom. The summed E-state index contributed by atoms with van der Waals surface area (Å²) in [7, 11) is 0. The number of carboxylic acid groups (broad SMARTS) is 1. The van der Waals surface area contributed by atoms with Gasteiger partial charge in [-0.3, -0.25) is 9.59 Å². The van der Waals surface area contributed by atoms with Gasteiger partial charge in [-0.1, -0.05) is 115 Å². The highest BCUT2D eigenvalue weighted by atomic mass is 16.5. The van der Waals surface area contributed by atoms with E-state index in [4.69, 9.17) is 4.74 Å². The van der Waals surface area contributed by atoms with Gasteiger partial charge in [0, 0.05) is 11.8 Å². The monoisotopic (exact) mass is 462 g/mol. The van der Waals surface area contributed by atoms with Crippen LogP contribution >= 0.6 is 0 Å². The first kappa shape index (κ1) is 22.6. The van der Waals surface area contributed by atoms with E-state index in [0.717, 1.165) is 27.8 Å². The molecule has 0 aromatic heterocycles. The van der Waals surface area contributed by atoms with Crippen molar-refractivity contribution >= 4 is 11.9 Å². The smallest absolute Gasteiger partial charge is 0.310 e. The number of esters is 1. The van der Waals surface area contributed by atoms with E-state index in [-0.39, 0.29) is 12.6 Å². The van der Waals surface area contributed by atoms with Gasteiger partial charge in [0.1, 0.15) is 6.61 Å². The first-order valence-corrected chi connectivity index (χ1v) is 11.8. The minimum atomic E-state index is -0.897. The summed E-state index contributed by atoms with van der Waals surface area (Å²) in [5, 5.41) is 10.1. The van der Waals surface area contributed by atoms with E-state index >= 15 is 0 Å². The van der Waals surface area contributed by atoms with Gasteiger partial charge in [0.15, 0.2) is 0 Å². The third-order valence-electron chi connectivity index (χ3n) is 6.95. The van der Waals surface area contributed by atoms with Gasteiger partial charge in [-0.05, 0) is 27.8 Å².